The lowest BCUT2D eigenvalue weighted by Crippen LogP contribution is -2.35. The van der Waals surface area contributed by atoms with Gasteiger partial charge in [0.25, 0.3) is 5.91 Å². The summed E-state index contributed by atoms with van der Waals surface area (Å²) in [5.41, 5.74) is -0.0506. The highest BCUT2D eigenvalue weighted by atomic mass is 127. The lowest BCUT2D eigenvalue weighted by atomic mass is 10.1. The number of halogens is 2. The Balaban J connectivity index is 2.80. The summed E-state index contributed by atoms with van der Waals surface area (Å²) in [4.78, 5) is 22.2. The standard InChI is InChI=1S/C11H11FINO3/c1-6(5-9(15)16)14-11(17)10-7(12)3-2-4-8(10)13/h2-4,6H,5H2,1H3,(H,14,17)(H,15,16). The fourth-order valence-corrected chi connectivity index (χ4v) is 2.03. The van der Waals surface area contributed by atoms with Crippen molar-refractivity contribution in [2.45, 2.75) is 19.4 Å². The monoisotopic (exact) mass is 351 g/mol. The fraction of sp³-hybridized carbons (Fsp3) is 0.273. The van der Waals surface area contributed by atoms with E-state index in [1.807, 2.05) is 22.6 Å². The zero-order chi connectivity index (χ0) is 13.0. The van der Waals surface area contributed by atoms with Crippen LogP contribution in [0.15, 0.2) is 18.2 Å². The first kappa shape index (κ1) is 13.9. The number of amides is 1. The van der Waals surface area contributed by atoms with Gasteiger partial charge in [-0.2, -0.15) is 0 Å². The maximum atomic E-state index is 13.4. The summed E-state index contributed by atoms with van der Waals surface area (Å²) in [5.74, 6) is -2.22. The Hall–Kier alpha value is -1.18. The van der Waals surface area contributed by atoms with Gasteiger partial charge >= 0.3 is 5.97 Å². The van der Waals surface area contributed by atoms with Gasteiger partial charge in [-0.15, -0.1) is 0 Å². The first-order valence-corrected chi connectivity index (χ1v) is 5.96. The van der Waals surface area contributed by atoms with Crippen LogP contribution in [0.25, 0.3) is 0 Å². The quantitative estimate of drug-likeness (QED) is 0.816. The van der Waals surface area contributed by atoms with Crippen molar-refractivity contribution in [3.05, 3.63) is 33.1 Å². The van der Waals surface area contributed by atoms with E-state index in [2.05, 4.69) is 5.32 Å². The van der Waals surface area contributed by atoms with E-state index in [0.29, 0.717) is 3.57 Å². The van der Waals surface area contributed by atoms with Crippen LogP contribution >= 0.6 is 22.6 Å². The van der Waals surface area contributed by atoms with Crippen molar-refractivity contribution in [3.63, 3.8) is 0 Å². The molecule has 1 amide bonds. The Morgan fingerprint density at radius 1 is 1.53 bits per heavy atom. The van der Waals surface area contributed by atoms with Gasteiger partial charge < -0.3 is 10.4 Å². The van der Waals surface area contributed by atoms with Gasteiger partial charge in [-0.1, -0.05) is 6.07 Å². The Bertz CT molecular complexity index is 430. The molecule has 0 aliphatic rings. The summed E-state index contributed by atoms with van der Waals surface area (Å²) in [6.45, 7) is 1.56. The highest BCUT2D eigenvalue weighted by Gasteiger charge is 2.18. The highest BCUT2D eigenvalue weighted by molar-refractivity contribution is 14.1. The molecular formula is C11H11FINO3. The molecule has 6 heteroatoms. The minimum Gasteiger partial charge on any atom is -0.481 e. The number of carboxylic acids is 1. The molecular weight excluding hydrogens is 340 g/mol. The van der Waals surface area contributed by atoms with E-state index in [0.717, 1.165) is 0 Å². The van der Waals surface area contributed by atoms with Crippen molar-refractivity contribution >= 4 is 34.5 Å². The topological polar surface area (TPSA) is 66.4 Å². The molecule has 2 N–H and O–H groups in total. The maximum absolute atomic E-state index is 13.4. The lowest BCUT2D eigenvalue weighted by Gasteiger charge is -2.12. The van der Waals surface area contributed by atoms with Gasteiger partial charge in [0.15, 0.2) is 0 Å². The summed E-state index contributed by atoms with van der Waals surface area (Å²) in [5, 5.41) is 11.0. The first-order chi connectivity index (χ1) is 7.91. The van der Waals surface area contributed by atoms with Gasteiger partial charge in [0, 0.05) is 9.61 Å². The minimum atomic E-state index is -1.01. The lowest BCUT2D eigenvalue weighted by molar-refractivity contribution is -0.137. The largest absolute Gasteiger partial charge is 0.481 e. The van der Waals surface area contributed by atoms with E-state index in [1.165, 1.54) is 12.1 Å². The Kier molecular flexibility index (Phi) is 4.86. The molecule has 1 aromatic rings. The third kappa shape index (κ3) is 3.95. The molecule has 0 heterocycles. The molecule has 0 radical (unpaired) electrons. The van der Waals surface area contributed by atoms with Gasteiger partial charge in [0.05, 0.1) is 12.0 Å². The Morgan fingerprint density at radius 3 is 2.71 bits per heavy atom. The smallest absolute Gasteiger partial charge is 0.305 e. The van der Waals surface area contributed by atoms with E-state index in [1.54, 1.807) is 13.0 Å². The van der Waals surface area contributed by atoms with E-state index >= 15 is 0 Å². The number of nitrogens with one attached hydrogen (secondary N) is 1. The summed E-state index contributed by atoms with van der Waals surface area (Å²) in [7, 11) is 0. The average molecular weight is 351 g/mol. The molecule has 17 heavy (non-hydrogen) atoms. The third-order valence-corrected chi connectivity index (χ3v) is 2.95. The number of carbonyl (C=O) groups excluding carboxylic acids is 1. The predicted octanol–water partition coefficient (Wildman–Crippen LogP) is 2.02. The Labute approximate surface area is 111 Å². The zero-order valence-corrected chi connectivity index (χ0v) is 11.2. The normalized spacial score (nSPS) is 11.9. The van der Waals surface area contributed by atoms with Crippen LogP contribution in [0.1, 0.15) is 23.7 Å². The number of carboxylic acid groups (broad SMARTS) is 1. The summed E-state index contributed by atoms with van der Waals surface area (Å²) >= 11 is 1.86. The fourth-order valence-electron chi connectivity index (χ4n) is 1.32. The van der Waals surface area contributed by atoms with Crippen LogP contribution in [0.2, 0.25) is 0 Å². The predicted molar refractivity (Wildman–Crippen MR) is 68.3 cm³/mol. The van der Waals surface area contributed by atoms with Crippen molar-refractivity contribution in [1.29, 1.82) is 0 Å². The van der Waals surface area contributed by atoms with E-state index in [9.17, 15) is 14.0 Å². The van der Waals surface area contributed by atoms with Crippen molar-refractivity contribution < 1.29 is 19.1 Å². The summed E-state index contributed by atoms with van der Waals surface area (Å²) < 4.78 is 13.9. The number of carbonyl (C=O) groups is 2. The second-order valence-electron chi connectivity index (χ2n) is 3.57. The molecule has 0 aliphatic carbocycles. The van der Waals surface area contributed by atoms with E-state index in [-0.39, 0.29) is 12.0 Å². The number of rotatable bonds is 4. The van der Waals surface area contributed by atoms with Crippen LogP contribution in [0.5, 0.6) is 0 Å². The molecule has 0 saturated carbocycles. The SMILES string of the molecule is CC(CC(=O)O)NC(=O)c1c(F)cccc1I. The van der Waals surface area contributed by atoms with Crippen molar-refractivity contribution in [2.24, 2.45) is 0 Å². The van der Waals surface area contributed by atoms with Crippen LogP contribution in [0, 0.1) is 9.39 Å². The van der Waals surface area contributed by atoms with Gasteiger partial charge in [-0.3, -0.25) is 9.59 Å². The highest BCUT2D eigenvalue weighted by Crippen LogP contribution is 2.15. The van der Waals surface area contributed by atoms with Crippen LogP contribution in [0.4, 0.5) is 4.39 Å². The van der Waals surface area contributed by atoms with Gasteiger partial charge in [-0.05, 0) is 41.6 Å². The summed E-state index contributed by atoms with van der Waals surface area (Å²) in [6, 6.07) is 3.77. The average Bonchev–Trinajstić information content (AvgIpc) is 2.15. The molecule has 0 saturated heterocycles. The molecule has 92 valence electrons. The van der Waals surface area contributed by atoms with Crippen molar-refractivity contribution in [2.75, 3.05) is 0 Å². The van der Waals surface area contributed by atoms with E-state index in [4.69, 9.17) is 5.11 Å². The van der Waals surface area contributed by atoms with E-state index < -0.39 is 23.7 Å². The second-order valence-corrected chi connectivity index (χ2v) is 4.73. The minimum absolute atomic E-state index is 0.0506. The number of hydrogen-bond donors (Lipinski definition) is 2. The van der Waals surface area contributed by atoms with Crippen LogP contribution in [0.3, 0.4) is 0 Å². The summed E-state index contributed by atoms with van der Waals surface area (Å²) in [6.07, 6.45) is -0.198. The van der Waals surface area contributed by atoms with Crippen LogP contribution in [-0.4, -0.2) is 23.0 Å². The molecule has 4 nitrogen and oxygen atoms in total. The molecule has 1 unspecified atom stereocenters. The zero-order valence-electron chi connectivity index (χ0n) is 9.04. The third-order valence-electron chi connectivity index (χ3n) is 2.05. The second kappa shape index (κ2) is 5.95. The molecule has 1 rings (SSSR count). The maximum Gasteiger partial charge on any atom is 0.305 e. The number of benzene rings is 1. The van der Waals surface area contributed by atoms with Crippen molar-refractivity contribution in [3.8, 4) is 0 Å². The molecule has 1 atom stereocenters. The van der Waals surface area contributed by atoms with Gasteiger partial charge in [0.1, 0.15) is 5.82 Å². The molecule has 0 aliphatic heterocycles. The van der Waals surface area contributed by atoms with Crippen LogP contribution in [-0.2, 0) is 4.79 Å². The number of hydrogen-bond acceptors (Lipinski definition) is 2. The molecule has 1 aromatic carbocycles. The molecule has 0 spiro atoms. The van der Waals surface area contributed by atoms with Crippen LogP contribution < -0.4 is 5.32 Å². The molecule has 0 fully saturated rings. The Morgan fingerprint density at radius 2 is 2.18 bits per heavy atom. The molecule has 0 bridgehead atoms. The van der Waals surface area contributed by atoms with Gasteiger partial charge in [-0.25, -0.2) is 4.39 Å². The first-order valence-electron chi connectivity index (χ1n) is 4.88. The van der Waals surface area contributed by atoms with Gasteiger partial charge in [0.2, 0.25) is 0 Å². The number of aliphatic carboxylic acids is 1. The van der Waals surface area contributed by atoms with Crippen molar-refractivity contribution in [1.82, 2.24) is 5.32 Å². The molecule has 0 aromatic heterocycles.